The lowest BCUT2D eigenvalue weighted by molar-refractivity contribution is 0.0923. The SMILES string of the molecule is Cc1ccc(C)n1-c1ccc(OCc2ccc(C(=O)N/N=C/c3ccc(OCc4ccc5c(c4)OCO5)c(Br)c3)o2)cc1. The Kier molecular flexibility index (Phi) is 8.19. The van der Waals surface area contributed by atoms with Crippen LogP contribution in [0.15, 0.2) is 98.9 Å². The van der Waals surface area contributed by atoms with Crippen LogP contribution in [0.4, 0.5) is 0 Å². The van der Waals surface area contributed by atoms with Gasteiger partial charge in [0, 0.05) is 17.1 Å². The van der Waals surface area contributed by atoms with Gasteiger partial charge in [-0.1, -0.05) is 6.07 Å². The molecular formula is C33H28BrN3O6. The maximum Gasteiger partial charge on any atom is 0.307 e. The highest BCUT2D eigenvalue weighted by atomic mass is 79.9. The molecular weight excluding hydrogens is 614 g/mol. The first-order valence-electron chi connectivity index (χ1n) is 13.5. The van der Waals surface area contributed by atoms with Gasteiger partial charge in [0.1, 0.15) is 30.5 Å². The van der Waals surface area contributed by atoms with Crippen LogP contribution >= 0.6 is 15.9 Å². The van der Waals surface area contributed by atoms with Gasteiger partial charge in [0.05, 0.1) is 10.7 Å². The Labute approximate surface area is 256 Å². The molecule has 0 fully saturated rings. The number of amides is 1. The molecule has 1 aliphatic heterocycles. The van der Waals surface area contributed by atoms with E-state index in [0.29, 0.717) is 29.6 Å². The van der Waals surface area contributed by atoms with Crippen molar-refractivity contribution in [3.63, 3.8) is 0 Å². The molecule has 0 unspecified atom stereocenters. The molecule has 1 aliphatic rings. The van der Waals surface area contributed by atoms with Gasteiger partial charge >= 0.3 is 5.91 Å². The van der Waals surface area contributed by atoms with Crippen molar-refractivity contribution in [2.24, 2.45) is 5.10 Å². The van der Waals surface area contributed by atoms with E-state index in [2.05, 4.69) is 57.0 Å². The average Bonchev–Trinajstić information content (AvgIpc) is 3.76. The summed E-state index contributed by atoms with van der Waals surface area (Å²) in [5.41, 5.74) is 7.63. The third-order valence-electron chi connectivity index (χ3n) is 6.80. The van der Waals surface area contributed by atoms with Crippen LogP contribution < -0.4 is 24.4 Å². The second kappa shape index (κ2) is 12.5. The van der Waals surface area contributed by atoms with Crippen LogP contribution in [0, 0.1) is 13.8 Å². The minimum Gasteiger partial charge on any atom is -0.488 e. The molecule has 2 aromatic heterocycles. The standard InChI is InChI=1S/C33H28BrN3O6/c1-21-3-4-22(2)37(21)25-7-9-26(10-8-25)39-19-27-11-14-31(43-27)33(38)36-35-17-23-5-12-29(28(34)15-23)40-18-24-6-13-30-32(16-24)42-20-41-30/h3-17H,18-20H2,1-2H3,(H,36,38)/b35-17+. The molecule has 5 aromatic rings. The fraction of sp³-hybridized carbons (Fsp3) is 0.152. The summed E-state index contributed by atoms with van der Waals surface area (Å²) in [5, 5.41) is 4.05. The molecule has 0 saturated carbocycles. The number of carbonyl (C=O) groups is 1. The number of furan rings is 1. The molecule has 9 nitrogen and oxygen atoms in total. The van der Waals surface area contributed by atoms with Crippen molar-refractivity contribution in [3.8, 4) is 28.7 Å². The van der Waals surface area contributed by atoms with Crippen LogP contribution in [0.5, 0.6) is 23.0 Å². The van der Waals surface area contributed by atoms with Crippen molar-refractivity contribution >= 4 is 28.1 Å². The van der Waals surface area contributed by atoms with Crippen LogP contribution in [0.2, 0.25) is 0 Å². The molecule has 6 rings (SSSR count). The molecule has 3 heterocycles. The van der Waals surface area contributed by atoms with E-state index in [4.69, 9.17) is 23.4 Å². The van der Waals surface area contributed by atoms with E-state index in [9.17, 15) is 4.79 Å². The first kappa shape index (κ1) is 28.2. The Hall–Kier alpha value is -4.96. The molecule has 0 radical (unpaired) electrons. The predicted molar refractivity (Wildman–Crippen MR) is 164 cm³/mol. The number of nitrogens with zero attached hydrogens (tertiary/aromatic N) is 2. The van der Waals surface area contributed by atoms with E-state index in [-0.39, 0.29) is 19.2 Å². The van der Waals surface area contributed by atoms with Gasteiger partial charge in [0.15, 0.2) is 17.3 Å². The molecule has 10 heteroatoms. The normalized spacial score (nSPS) is 12.1. The van der Waals surface area contributed by atoms with E-state index < -0.39 is 5.91 Å². The van der Waals surface area contributed by atoms with Gasteiger partial charge in [-0.15, -0.1) is 0 Å². The van der Waals surface area contributed by atoms with Crippen molar-refractivity contribution < 1.29 is 28.2 Å². The van der Waals surface area contributed by atoms with E-state index in [1.807, 2.05) is 60.7 Å². The summed E-state index contributed by atoms with van der Waals surface area (Å²) >= 11 is 3.53. The second-order valence-electron chi connectivity index (χ2n) is 9.87. The number of rotatable bonds is 10. The maximum atomic E-state index is 12.5. The summed E-state index contributed by atoms with van der Waals surface area (Å²) in [6, 6.07) is 26.5. The van der Waals surface area contributed by atoms with Crippen LogP contribution in [0.1, 0.15) is 38.8 Å². The summed E-state index contributed by atoms with van der Waals surface area (Å²) in [5.74, 6) is 3.02. The van der Waals surface area contributed by atoms with Gasteiger partial charge in [0.25, 0.3) is 0 Å². The number of fused-ring (bicyclic) bond motifs is 1. The largest absolute Gasteiger partial charge is 0.488 e. The zero-order chi connectivity index (χ0) is 29.8. The van der Waals surface area contributed by atoms with Crippen molar-refractivity contribution in [1.82, 2.24) is 9.99 Å². The summed E-state index contributed by atoms with van der Waals surface area (Å²) in [6.07, 6.45) is 1.54. The molecule has 0 spiro atoms. The highest BCUT2D eigenvalue weighted by molar-refractivity contribution is 9.10. The topological polar surface area (TPSA) is 96.5 Å². The third-order valence-corrected chi connectivity index (χ3v) is 7.42. The number of benzene rings is 3. The van der Waals surface area contributed by atoms with Crippen LogP contribution in [0.3, 0.4) is 0 Å². The number of aryl methyl sites for hydroxylation is 2. The monoisotopic (exact) mass is 641 g/mol. The van der Waals surface area contributed by atoms with E-state index in [1.165, 1.54) is 17.6 Å². The quantitative estimate of drug-likeness (QED) is 0.129. The molecule has 1 N–H and O–H groups in total. The third kappa shape index (κ3) is 6.60. The fourth-order valence-corrected chi connectivity index (χ4v) is 5.14. The number of aromatic nitrogens is 1. The molecule has 1 amide bonds. The Morgan fingerprint density at radius 3 is 2.49 bits per heavy atom. The van der Waals surface area contributed by atoms with Gasteiger partial charge < -0.3 is 27.9 Å². The predicted octanol–water partition coefficient (Wildman–Crippen LogP) is 7.10. The van der Waals surface area contributed by atoms with Crippen LogP contribution in [-0.4, -0.2) is 23.5 Å². The van der Waals surface area contributed by atoms with Crippen molar-refractivity contribution in [3.05, 3.63) is 123 Å². The molecule has 0 saturated heterocycles. The van der Waals surface area contributed by atoms with Gasteiger partial charge in [0.2, 0.25) is 6.79 Å². The van der Waals surface area contributed by atoms with E-state index >= 15 is 0 Å². The zero-order valence-electron chi connectivity index (χ0n) is 23.5. The Balaban J connectivity index is 0.979. The lowest BCUT2D eigenvalue weighted by Crippen LogP contribution is -2.16. The van der Waals surface area contributed by atoms with Crippen molar-refractivity contribution in [2.45, 2.75) is 27.1 Å². The van der Waals surface area contributed by atoms with Gasteiger partial charge in [-0.25, -0.2) is 5.43 Å². The lowest BCUT2D eigenvalue weighted by atomic mass is 10.2. The first-order chi connectivity index (χ1) is 20.9. The van der Waals surface area contributed by atoms with Gasteiger partial charge in [-0.3, -0.25) is 4.79 Å². The van der Waals surface area contributed by atoms with Gasteiger partial charge in [-0.2, -0.15) is 5.10 Å². The second-order valence-corrected chi connectivity index (χ2v) is 10.7. The molecule has 0 aliphatic carbocycles. The highest BCUT2D eigenvalue weighted by Crippen LogP contribution is 2.33. The van der Waals surface area contributed by atoms with Crippen LogP contribution in [0.25, 0.3) is 5.69 Å². The number of halogens is 1. The van der Waals surface area contributed by atoms with E-state index in [0.717, 1.165) is 27.0 Å². The Morgan fingerprint density at radius 2 is 1.70 bits per heavy atom. The molecule has 3 aromatic carbocycles. The van der Waals surface area contributed by atoms with Crippen molar-refractivity contribution in [1.29, 1.82) is 0 Å². The molecule has 218 valence electrons. The number of hydrazone groups is 1. The minimum atomic E-state index is -0.466. The smallest absolute Gasteiger partial charge is 0.307 e. The summed E-state index contributed by atoms with van der Waals surface area (Å²) in [7, 11) is 0. The number of ether oxygens (including phenoxy) is 4. The number of hydrogen-bond donors (Lipinski definition) is 1. The summed E-state index contributed by atoms with van der Waals surface area (Å²) in [4.78, 5) is 12.5. The first-order valence-corrected chi connectivity index (χ1v) is 14.3. The minimum absolute atomic E-state index is 0.137. The summed E-state index contributed by atoms with van der Waals surface area (Å²) < 4.78 is 31.1. The molecule has 0 atom stereocenters. The number of nitrogens with one attached hydrogen (secondary N) is 1. The molecule has 0 bridgehead atoms. The number of carbonyl (C=O) groups excluding carboxylic acids is 1. The number of hydrogen-bond acceptors (Lipinski definition) is 7. The average molecular weight is 643 g/mol. The fourth-order valence-electron chi connectivity index (χ4n) is 4.63. The van der Waals surface area contributed by atoms with Gasteiger partial charge in [-0.05, 0) is 120 Å². The van der Waals surface area contributed by atoms with Crippen molar-refractivity contribution in [2.75, 3.05) is 6.79 Å². The molecule has 43 heavy (non-hydrogen) atoms. The lowest BCUT2D eigenvalue weighted by Gasteiger charge is -2.10. The summed E-state index contributed by atoms with van der Waals surface area (Å²) in [6.45, 7) is 4.94. The van der Waals surface area contributed by atoms with E-state index in [1.54, 1.807) is 12.1 Å². The Bertz CT molecular complexity index is 1770. The highest BCUT2D eigenvalue weighted by Gasteiger charge is 2.14. The maximum absolute atomic E-state index is 12.5. The zero-order valence-corrected chi connectivity index (χ0v) is 25.1. The van der Waals surface area contributed by atoms with Crippen LogP contribution in [-0.2, 0) is 13.2 Å². The Morgan fingerprint density at radius 1 is 0.907 bits per heavy atom.